The van der Waals surface area contributed by atoms with Crippen LogP contribution in [-0.2, 0) is 6.54 Å². The molecular weight excluding hydrogens is 294 g/mol. The van der Waals surface area contributed by atoms with E-state index in [-0.39, 0.29) is 10.4 Å². The maximum atomic E-state index is 12.4. The highest BCUT2D eigenvalue weighted by molar-refractivity contribution is 9.09. The molecule has 96 valence electrons. The van der Waals surface area contributed by atoms with Gasteiger partial charge in [-0.2, -0.15) is 0 Å². The van der Waals surface area contributed by atoms with Gasteiger partial charge >= 0.3 is 0 Å². The maximum Gasteiger partial charge on any atom is 0.262 e. The van der Waals surface area contributed by atoms with Crippen LogP contribution in [0.1, 0.15) is 37.3 Å². The molecule has 2 aromatic heterocycles. The summed E-state index contributed by atoms with van der Waals surface area (Å²) in [5, 5.41) is 0.583. The Morgan fingerprint density at radius 1 is 1.44 bits per heavy atom. The van der Waals surface area contributed by atoms with Crippen molar-refractivity contribution in [3.8, 4) is 0 Å². The molecule has 0 amide bonds. The van der Waals surface area contributed by atoms with Crippen molar-refractivity contribution in [2.24, 2.45) is 0 Å². The van der Waals surface area contributed by atoms with Crippen LogP contribution in [0.2, 0.25) is 0 Å². The highest BCUT2D eigenvalue weighted by atomic mass is 79.9. The lowest BCUT2D eigenvalue weighted by atomic mass is 10.2. The summed E-state index contributed by atoms with van der Waals surface area (Å²) in [4.78, 5) is 21.1. The van der Waals surface area contributed by atoms with Gasteiger partial charge in [0.15, 0.2) is 0 Å². The Labute approximate surface area is 114 Å². The molecule has 0 radical (unpaired) electrons. The summed E-state index contributed by atoms with van der Waals surface area (Å²) in [6, 6.07) is 1.78. The van der Waals surface area contributed by atoms with Gasteiger partial charge in [-0.15, -0.1) is 0 Å². The lowest BCUT2D eigenvalue weighted by Crippen LogP contribution is -2.25. The number of hydrogen-bond acceptors (Lipinski definition) is 3. The summed E-state index contributed by atoms with van der Waals surface area (Å²) in [7, 11) is 0. The number of halogens is 1. The molecule has 0 fully saturated rings. The summed E-state index contributed by atoms with van der Waals surface area (Å²) in [6.07, 6.45) is 5.26. The predicted octanol–water partition coefficient (Wildman–Crippen LogP) is 3.05. The molecule has 0 aliphatic rings. The third-order valence-corrected chi connectivity index (χ3v) is 3.79. The third kappa shape index (κ3) is 2.32. The van der Waals surface area contributed by atoms with Gasteiger partial charge in [-0.1, -0.05) is 29.3 Å². The second kappa shape index (κ2) is 5.61. The van der Waals surface area contributed by atoms with E-state index in [9.17, 15) is 4.79 Å². The fourth-order valence-corrected chi connectivity index (χ4v) is 2.82. The minimum Gasteiger partial charge on any atom is -0.295 e. The zero-order chi connectivity index (χ0) is 13.1. The molecule has 2 rings (SSSR count). The number of alkyl halides is 1. The normalized spacial score (nSPS) is 12.8. The van der Waals surface area contributed by atoms with Gasteiger partial charge in [-0.05, 0) is 19.4 Å². The average Bonchev–Trinajstić information content (AvgIpc) is 2.39. The molecule has 0 bridgehead atoms. The van der Waals surface area contributed by atoms with Crippen molar-refractivity contribution in [3.05, 3.63) is 34.6 Å². The molecule has 0 aliphatic carbocycles. The van der Waals surface area contributed by atoms with E-state index in [2.05, 4.69) is 32.8 Å². The number of aromatic nitrogens is 3. The maximum absolute atomic E-state index is 12.4. The number of hydrogen-bond donors (Lipinski definition) is 0. The molecule has 0 spiro atoms. The van der Waals surface area contributed by atoms with Gasteiger partial charge < -0.3 is 0 Å². The Bertz CT molecular complexity index is 609. The van der Waals surface area contributed by atoms with Crippen LogP contribution in [0.25, 0.3) is 10.9 Å². The Balaban J connectivity index is 2.69. The molecule has 0 N–H and O–H groups in total. The van der Waals surface area contributed by atoms with Crippen LogP contribution in [0.3, 0.4) is 0 Å². The summed E-state index contributed by atoms with van der Waals surface area (Å²) < 4.78 is 1.72. The summed E-state index contributed by atoms with van der Waals surface area (Å²) in [5.41, 5.74) is 0.710. The minimum atomic E-state index is -0.00819. The molecule has 1 atom stereocenters. The van der Waals surface area contributed by atoms with E-state index in [0.717, 1.165) is 24.2 Å². The zero-order valence-corrected chi connectivity index (χ0v) is 12.1. The van der Waals surface area contributed by atoms with Gasteiger partial charge in [0.2, 0.25) is 0 Å². The lowest BCUT2D eigenvalue weighted by Gasteiger charge is -2.15. The van der Waals surface area contributed by atoms with Crippen LogP contribution in [0.15, 0.2) is 23.3 Å². The van der Waals surface area contributed by atoms with Crippen molar-refractivity contribution in [3.63, 3.8) is 0 Å². The van der Waals surface area contributed by atoms with Gasteiger partial charge in [0.25, 0.3) is 5.56 Å². The van der Waals surface area contributed by atoms with Crippen molar-refractivity contribution in [2.45, 2.75) is 38.1 Å². The molecule has 18 heavy (non-hydrogen) atoms. The fraction of sp³-hybridized carbons (Fsp3) is 0.462. The number of pyridine rings is 1. The summed E-state index contributed by atoms with van der Waals surface area (Å²) in [6.45, 7) is 4.70. The summed E-state index contributed by atoms with van der Waals surface area (Å²) >= 11 is 3.62. The number of fused-ring (bicyclic) bond motifs is 1. The van der Waals surface area contributed by atoms with Crippen molar-refractivity contribution in [2.75, 3.05) is 0 Å². The zero-order valence-electron chi connectivity index (χ0n) is 10.6. The fourth-order valence-electron chi connectivity index (χ4n) is 2.01. The Morgan fingerprint density at radius 3 is 2.89 bits per heavy atom. The Morgan fingerprint density at radius 2 is 2.22 bits per heavy atom. The smallest absolute Gasteiger partial charge is 0.262 e. The second-order valence-electron chi connectivity index (χ2n) is 4.17. The molecule has 1 unspecified atom stereocenters. The second-order valence-corrected chi connectivity index (χ2v) is 5.27. The average molecular weight is 310 g/mol. The molecule has 0 aliphatic heterocycles. The quantitative estimate of drug-likeness (QED) is 0.816. The SMILES string of the molecule is CCCC(Br)c1nc2ccncc2c(=O)n1CC. The monoisotopic (exact) mass is 309 g/mol. The van der Waals surface area contributed by atoms with Crippen molar-refractivity contribution in [1.29, 1.82) is 0 Å². The van der Waals surface area contributed by atoms with Gasteiger partial charge in [0, 0.05) is 18.9 Å². The first-order chi connectivity index (χ1) is 8.69. The Hall–Kier alpha value is -1.23. The summed E-state index contributed by atoms with van der Waals surface area (Å²) in [5.74, 6) is 0.808. The molecule has 2 heterocycles. The molecule has 0 saturated heterocycles. The number of rotatable bonds is 4. The largest absolute Gasteiger partial charge is 0.295 e. The van der Waals surface area contributed by atoms with Crippen LogP contribution < -0.4 is 5.56 Å². The van der Waals surface area contributed by atoms with Gasteiger partial charge in [0.05, 0.1) is 15.7 Å². The first-order valence-corrected chi connectivity index (χ1v) is 7.09. The molecular formula is C13H16BrN3O. The van der Waals surface area contributed by atoms with E-state index in [1.165, 1.54) is 0 Å². The van der Waals surface area contributed by atoms with E-state index < -0.39 is 0 Å². The first-order valence-electron chi connectivity index (χ1n) is 6.17. The highest BCUT2D eigenvalue weighted by Gasteiger charge is 2.16. The van der Waals surface area contributed by atoms with Crippen molar-refractivity contribution >= 4 is 26.8 Å². The van der Waals surface area contributed by atoms with Crippen LogP contribution in [0, 0.1) is 0 Å². The van der Waals surface area contributed by atoms with E-state index in [1.54, 1.807) is 23.0 Å². The Kier molecular flexibility index (Phi) is 4.11. The highest BCUT2D eigenvalue weighted by Crippen LogP contribution is 2.26. The van der Waals surface area contributed by atoms with E-state index in [1.807, 2.05) is 6.92 Å². The molecule has 5 heteroatoms. The lowest BCUT2D eigenvalue weighted by molar-refractivity contribution is 0.626. The van der Waals surface area contributed by atoms with Crippen LogP contribution in [-0.4, -0.2) is 14.5 Å². The first kappa shape index (κ1) is 13.2. The molecule has 0 saturated carbocycles. The van der Waals surface area contributed by atoms with Crippen LogP contribution in [0.4, 0.5) is 0 Å². The van der Waals surface area contributed by atoms with Gasteiger partial charge in [0.1, 0.15) is 5.82 Å². The minimum absolute atomic E-state index is 0.00819. The van der Waals surface area contributed by atoms with Gasteiger partial charge in [-0.25, -0.2) is 4.98 Å². The molecule has 2 aromatic rings. The van der Waals surface area contributed by atoms with Crippen LogP contribution >= 0.6 is 15.9 Å². The van der Waals surface area contributed by atoms with Gasteiger partial charge in [-0.3, -0.25) is 14.3 Å². The topological polar surface area (TPSA) is 47.8 Å². The van der Waals surface area contributed by atoms with E-state index >= 15 is 0 Å². The molecule has 4 nitrogen and oxygen atoms in total. The van der Waals surface area contributed by atoms with Crippen LogP contribution in [0.5, 0.6) is 0 Å². The number of nitrogens with zero attached hydrogens (tertiary/aromatic N) is 3. The van der Waals surface area contributed by atoms with Crippen molar-refractivity contribution < 1.29 is 0 Å². The van der Waals surface area contributed by atoms with Crippen molar-refractivity contribution in [1.82, 2.24) is 14.5 Å². The molecule has 0 aromatic carbocycles. The van der Waals surface area contributed by atoms with E-state index in [4.69, 9.17) is 0 Å². The van der Waals surface area contributed by atoms with E-state index in [0.29, 0.717) is 11.9 Å². The predicted molar refractivity (Wildman–Crippen MR) is 76.0 cm³/mol. The standard InChI is InChI=1S/C13H16BrN3O/c1-3-5-10(14)12-16-11-6-7-15-8-9(11)13(18)17(12)4-2/h6-8,10H,3-5H2,1-2H3. The third-order valence-electron chi connectivity index (χ3n) is 2.92.